The molecule has 0 fully saturated rings. The lowest BCUT2D eigenvalue weighted by Crippen LogP contribution is -2.31. The third-order valence-corrected chi connectivity index (χ3v) is 5.74. The molecule has 4 rings (SSSR count). The van der Waals surface area contributed by atoms with Gasteiger partial charge in [-0.15, -0.1) is 0 Å². The first-order valence-corrected chi connectivity index (χ1v) is 11.8. The van der Waals surface area contributed by atoms with Crippen molar-refractivity contribution in [2.75, 3.05) is 30.9 Å². The number of imide groups is 1. The van der Waals surface area contributed by atoms with Crippen LogP contribution >= 0.6 is 0 Å². The zero-order valence-corrected chi connectivity index (χ0v) is 20.8. The van der Waals surface area contributed by atoms with Crippen molar-refractivity contribution < 1.29 is 33.4 Å². The molecular formula is C28H25N3O7. The van der Waals surface area contributed by atoms with E-state index in [-0.39, 0.29) is 34.5 Å². The number of methoxy groups -OCH3 is 1. The van der Waals surface area contributed by atoms with Gasteiger partial charge in [-0.2, -0.15) is 0 Å². The summed E-state index contributed by atoms with van der Waals surface area (Å²) in [5.74, 6) is -2.14. The van der Waals surface area contributed by atoms with E-state index in [1.807, 2.05) is 0 Å². The van der Waals surface area contributed by atoms with Crippen LogP contribution in [0.15, 0.2) is 66.7 Å². The lowest BCUT2D eigenvalue weighted by atomic mass is 10.1. The van der Waals surface area contributed by atoms with Crippen molar-refractivity contribution in [3.05, 3.63) is 89.0 Å². The molecule has 1 aliphatic rings. The Kier molecular flexibility index (Phi) is 7.93. The van der Waals surface area contributed by atoms with Crippen molar-refractivity contribution in [1.29, 1.82) is 0 Å². The summed E-state index contributed by atoms with van der Waals surface area (Å²) in [6, 6.07) is 17.1. The van der Waals surface area contributed by atoms with E-state index in [1.165, 1.54) is 31.2 Å². The first-order chi connectivity index (χ1) is 18.3. The first kappa shape index (κ1) is 26.2. The van der Waals surface area contributed by atoms with Crippen LogP contribution in [-0.2, 0) is 9.53 Å². The van der Waals surface area contributed by atoms with Crippen LogP contribution in [0.4, 0.5) is 11.4 Å². The van der Waals surface area contributed by atoms with Crippen LogP contribution in [0.1, 0.15) is 54.8 Å². The Balaban J connectivity index is 1.49. The van der Waals surface area contributed by atoms with Crippen LogP contribution < -0.4 is 15.4 Å². The van der Waals surface area contributed by atoms with Crippen LogP contribution in [-0.4, -0.2) is 54.8 Å². The fraction of sp³-hybridized carbons (Fsp3) is 0.179. The summed E-state index contributed by atoms with van der Waals surface area (Å²) in [6.45, 7) is 1.90. The molecule has 0 spiro atoms. The van der Waals surface area contributed by atoms with E-state index in [0.717, 1.165) is 4.90 Å². The summed E-state index contributed by atoms with van der Waals surface area (Å²) in [6.07, 6.45) is 0.506. The number of ether oxygens (including phenoxy) is 2. The molecule has 1 heterocycles. The average Bonchev–Trinajstić information content (AvgIpc) is 3.14. The lowest BCUT2D eigenvalue weighted by Gasteiger charge is -2.13. The Morgan fingerprint density at radius 2 is 1.42 bits per heavy atom. The highest BCUT2D eigenvalue weighted by molar-refractivity contribution is 6.22. The molecule has 4 amide bonds. The molecule has 0 bridgehead atoms. The number of fused-ring (bicyclic) bond motifs is 1. The molecule has 0 radical (unpaired) electrons. The zero-order chi connectivity index (χ0) is 27.2. The smallest absolute Gasteiger partial charge is 0.308 e. The molecule has 0 unspecified atom stereocenters. The van der Waals surface area contributed by atoms with E-state index < -0.39 is 29.6 Å². The molecule has 0 aliphatic carbocycles. The molecule has 194 valence electrons. The Bertz CT molecular complexity index is 1430. The lowest BCUT2D eigenvalue weighted by molar-refractivity contribution is -0.131. The van der Waals surface area contributed by atoms with Crippen LogP contribution in [0.3, 0.4) is 0 Å². The van der Waals surface area contributed by atoms with Gasteiger partial charge < -0.3 is 20.1 Å². The Hall–Kier alpha value is -4.83. The number of nitrogens with one attached hydrogen (secondary N) is 2. The van der Waals surface area contributed by atoms with Gasteiger partial charge in [0.15, 0.2) is 0 Å². The molecule has 0 saturated carbocycles. The number of carbonyl (C=O) groups is 5. The van der Waals surface area contributed by atoms with E-state index in [1.54, 1.807) is 49.6 Å². The number of para-hydroxylation sites is 2. The molecule has 2 N–H and O–H groups in total. The van der Waals surface area contributed by atoms with Gasteiger partial charge in [-0.05, 0) is 55.0 Å². The fourth-order valence-electron chi connectivity index (χ4n) is 3.96. The van der Waals surface area contributed by atoms with Gasteiger partial charge in [-0.25, -0.2) is 0 Å². The molecule has 38 heavy (non-hydrogen) atoms. The average molecular weight is 516 g/mol. The minimum atomic E-state index is -0.524. The molecular weight excluding hydrogens is 490 g/mol. The highest BCUT2D eigenvalue weighted by Gasteiger charge is 2.35. The zero-order valence-electron chi connectivity index (χ0n) is 20.8. The number of carbonyl (C=O) groups excluding carboxylic acids is 5. The molecule has 3 aromatic carbocycles. The van der Waals surface area contributed by atoms with Crippen molar-refractivity contribution in [3.8, 4) is 5.75 Å². The number of esters is 1. The van der Waals surface area contributed by atoms with Gasteiger partial charge in [0, 0.05) is 38.3 Å². The summed E-state index contributed by atoms with van der Waals surface area (Å²) >= 11 is 0. The van der Waals surface area contributed by atoms with Crippen LogP contribution in [0.5, 0.6) is 5.75 Å². The number of nitrogens with zero attached hydrogens (tertiary/aromatic N) is 1. The number of hydrogen-bond acceptors (Lipinski definition) is 7. The SMILES string of the molecule is COCCCN1C(=O)c2ccc(C(=O)Nc3ccccc3NC(=O)c3cccc(OC(C)=O)c3)cc2C1=O. The van der Waals surface area contributed by atoms with Gasteiger partial charge in [0.2, 0.25) is 0 Å². The van der Waals surface area contributed by atoms with Gasteiger partial charge in [-0.1, -0.05) is 18.2 Å². The summed E-state index contributed by atoms with van der Waals surface area (Å²) in [5, 5.41) is 5.48. The van der Waals surface area contributed by atoms with Crippen molar-refractivity contribution in [2.45, 2.75) is 13.3 Å². The quantitative estimate of drug-likeness (QED) is 0.192. The maximum atomic E-state index is 13.1. The molecule has 10 heteroatoms. The van der Waals surface area contributed by atoms with Crippen molar-refractivity contribution in [2.24, 2.45) is 0 Å². The summed E-state index contributed by atoms with van der Waals surface area (Å²) in [7, 11) is 1.54. The van der Waals surface area contributed by atoms with Crippen molar-refractivity contribution in [1.82, 2.24) is 4.90 Å². The highest BCUT2D eigenvalue weighted by Crippen LogP contribution is 2.27. The molecule has 1 aliphatic heterocycles. The Morgan fingerprint density at radius 3 is 2.05 bits per heavy atom. The highest BCUT2D eigenvalue weighted by atomic mass is 16.5. The standard InChI is InChI=1S/C28H25N3O7/c1-17(32)38-20-8-5-7-18(15-20)25(33)29-23-9-3-4-10-24(23)30-26(34)19-11-12-21-22(16-19)28(36)31(27(21)35)13-6-14-37-2/h3-5,7-12,15-16H,6,13-14H2,1-2H3,(H,29,33)(H,30,34). The third kappa shape index (κ3) is 5.76. The number of amides is 4. The van der Waals surface area contributed by atoms with E-state index in [0.29, 0.717) is 24.4 Å². The predicted octanol–water partition coefficient (Wildman–Crippen LogP) is 3.75. The van der Waals surface area contributed by atoms with E-state index in [9.17, 15) is 24.0 Å². The van der Waals surface area contributed by atoms with Crippen molar-refractivity contribution >= 4 is 41.0 Å². The minimum Gasteiger partial charge on any atom is -0.427 e. The van der Waals surface area contributed by atoms with E-state index in [2.05, 4.69) is 10.6 Å². The molecule has 0 saturated heterocycles. The van der Waals surface area contributed by atoms with Crippen LogP contribution in [0.25, 0.3) is 0 Å². The fourth-order valence-corrected chi connectivity index (χ4v) is 3.96. The topological polar surface area (TPSA) is 131 Å². The van der Waals surface area contributed by atoms with E-state index in [4.69, 9.17) is 9.47 Å². The number of benzene rings is 3. The monoisotopic (exact) mass is 515 g/mol. The van der Waals surface area contributed by atoms with Crippen molar-refractivity contribution in [3.63, 3.8) is 0 Å². The summed E-state index contributed by atoms with van der Waals surface area (Å²) in [5.41, 5.74) is 1.49. The molecule has 0 atom stereocenters. The normalized spacial score (nSPS) is 12.2. The van der Waals surface area contributed by atoms with Gasteiger partial charge >= 0.3 is 5.97 Å². The second kappa shape index (κ2) is 11.5. The minimum absolute atomic E-state index is 0.161. The number of anilines is 2. The van der Waals surface area contributed by atoms with Crippen LogP contribution in [0, 0.1) is 0 Å². The number of rotatable bonds is 9. The largest absolute Gasteiger partial charge is 0.427 e. The second-order valence-corrected chi connectivity index (χ2v) is 8.44. The maximum absolute atomic E-state index is 13.1. The van der Waals surface area contributed by atoms with E-state index >= 15 is 0 Å². The predicted molar refractivity (Wildman–Crippen MR) is 138 cm³/mol. The van der Waals surface area contributed by atoms with Gasteiger partial charge in [-0.3, -0.25) is 28.9 Å². The van der Waals surface area contributed by atoms with Gasteiger partial charge in [0.05, 0.1) is 22.5 Å². The summed E-state index contributed by atoms with van der Waals surface area (Å²) < 4.78 is 10.0. The maximum Gasteiger partial charge on any atom is 0.308 e. The number of hydrogen-bond donors (Lipinski definition) is 2. The van der Waals surface area contributed by atoms with Gasteiger partial charge in [0.1, 0.15) is 5.75 Å². The van der Waals surface area contributed by atoms with Crippen LogP contribution in [0.2, 0.25) is 0 Å². The molecule has 0 aromatic heterocycles. The molecule has 10 nitrogen and oxygen atoms in total. The summed E-state index contributed by atoms with van der Waals surface area (Å²) in [4.78, 5) is 63.6. The Labute approximate surface area is 218 Å². The molecule has 3 aromatic rings. The third-order valence-electron chi connectivity index (χ3n) is 5.74. The first-order valence-electron chi connectivity index (χ1n) is 11.8. The Morgan fingerprint density at radius 1 is 0.789 bits per heavy atom. The second-order valence-electron chi connectivity index (χ2n) is 8.44. The van der Waals surface area contributed by atoms with Gasteiger partial charge in [0.25, 0.3) is 23.6 Å².